The van der Waals surface area contributed by atoms with Gasteiger partial charge in [-0.05, 0) is 30.3 Å². The van der Waals surface area contributed by atoms with E-state index < -0.39 is 0 Å². The molecule has 2 aromatic carbocycles. The van der Waals surface area contributed by atoms with Crippen LogP contribution in [-0.4, -0.2) is 4.98 Å². The van der Waals surface area contributed by atoms with Gasteiger partial charge in [0.2, 0.25) is 0 Å². The third kappa shape index (κ3) is 2.81. The smallest absolute Gasteiger partial charge is 0.187 e. The quantitative estimate of drug-likeness (QED) is 0.706. The van der Waals surface area contributed by atoms with Crippen LogP contribution in [0.5, 0.6) is 0 Å². The average Bonchev–Trinajstić information content (AvgIpc) is 2.91. The first-order valence-electron chi connectivity index (χ1n) is 5.95. The van der Waals surface area contributed by atoms with Crippen molar-refractivity contribution in [2.75, 3.05) is 5.32 Å². The van der Waals surface area contributed by atoms with Crippen LogP contribution in [0.25, 0.3) is 11.3 Å². The van der Waals surface area contributed by atoms with Gasteiger partial charge in [0.1, 0.15) is 5.82 Å². The molecule has 0 unspecified atom stereocenters. The average molecular weight is 305 g/mol. The molecule has 0 fully saturated rings. The number of nitrogens with zero attached hydrogens (tertiary/aromatic N) is 1. The highest BCUT2D eigenvalue weighted by molar-refractivity contribution is 7.14. The maximum atomic E-state index is 13.3. The highest BCUT2D eigenvalue weighted by Gasteiger charge is 2.09. The molecule has 0 aliphatic heterocycles. The van der Waals surface area contributed by atoms with Crippen molar-refractivity contribution in [3.63, 3.8) is 0 Å². The number of hydrogen-bond acceptors (Lipinski definition) is 3. The Morgan fingerprint density at radius 3 is 2.70 bits per heavy atom. The molecule has 20 heavy (non-hydrogen) atoms. The monoisotopic (exact) mass is 304 g/mol. The van der Waals surface area contributed by atoms with E-state index in [9.17, 15) is 4.39 Å². The molecule has 1 heterocycles. The molecule has 0 bridgehead atoms. The van der Waals surface area contributed by atoms with Crippen molar-refractivity contribution in [1.82, 2.24) is 4.98 Å². The van der Waals surface area contributed by atoms with Gasteiger partial charge in [0.05, 0.1) is 10.7 Å². The van der Waals surface area contributed by atoms with Crippen molar-refractivity contribution in [3.05, 3.63) is 64.8 Å². The van der Waals surface area contributed by atoms with Crippen LogP contribution in [0.1, 0.15) is 0 Å². The van der Waals surface area contributed by atoms with E-state index in [1.54, 1.807) is 0 Å². The fourth-order valence-corrected chi connectivity index (χ4v) is 2.74. The van der Waals surface area contributed by atoms with Crippen LogP contribution < -0.4 is 5.32 Å². The van der Waals surface area contributed by atoms with E-state index in [4.69, 9.17) is 11.6 Å². The Balaban J connectivity index is 1.88. The molecule has 0 saturated carbocycles. The Hall–Kier alpha value is -1.91. The summed E-state index contributed by atoms with van der Waals surface area (Å²) in [5.74, 6) is -0.324. The standard InChI is InChI=1S/C15H10ClFN2S/c16-13-7-6-10(17)8-12(13)14-9-20-15(19-14)18-11-4-2-1-3-5-11/h1-9H,(H,18,19). The summed E-state index contributed by atoms with van der Waals surface area (Å²) in [7, 11) is 0. The van der Waals surface area contributed by atoms with Gasteiger partial charge in [-0.1, -0.05) is 29.8 Å². The van der Waals surface area contributed by atoms with Crippen LogP contribution in [0.3, 0.4) is 0 Å². The van der Waals surface area contributed by atoms with Gasteiger partial charge in [-0.15, -0.1) is 11.3 Å². The molecule has 0 amide bonds. The van der Waals surface area contributed by atoms with Crippen molar-refractivity contribution in [2.24, 2.45) is 0 Å². The first-order valence-corrected chi connectivity index (χ1v) is 7.21. The normalized spacial score (nSPS) is 10.5. The lowest BCUT2D eigenvalue weighted by Crippen LogP contribution is -1.89. The van der Waals surface area contributed by atoms with Gasteiger partial charge in [0.25, 0.3) is 0 Å². The number of nitrogens with one attached hydrogen (secondary N) is 1. The van der Waals surface area contributed by atoms with Crippen LogP contribution in [-0.2, 0) is 0 Å². The van der Waals surface area contributed by atoms with Gasteiger partial charge in [-0.2, -0.15) is 0 Å². The largest absolute Gasteiger partial charge is 0.332 e. The predicted molar refractivity (Wildman–Crippen MR) is 82.2 cm³/mol. The minimum Gasteiger partial charge on any atom is -0.332 e. The van der Waals surface area contributed by atoms with E-state index in [2.05, 4.69) is 10.3 Å². The molecule has 3 rings (SSSR count). The molecule has 0 aliphatic carbocycles. The van der Waals surface area contributed by atoms with E-state index in [0.29, 0.717) is 16.3 Å². The summed E-state index contributed by atoms with van der Waals surface area (Å²) in [4.78, 5) is 4.43. The fraction of sp³-hybridized carbons (Fsp3) is 0. The van der Waals surface area contributed by atoms with Gasteiger partial charge >= 0.3 is 0 Å². The molecule has 0 atom stereocenters. The lowest BCUT2D eigenvalue weighted by atomic mass is 10.2. The summed E-state index contributed by atoms with van der Waals surface area (Å²) < 4.78 is 13.3. The molecule has 100 valence electrons. The summed E-state index contributed by atoms with van der Waals surface area (Å²) in [5.41, 5.74) is 2.22. The summed E-state index contributed by atoms with van der Waals surface area (Å²) in [6.07, 6.45) is 0. The van der Waals surface area contributed by atoms with Crippen molar-refractivity contribution < 1.29 is 4.39 Å². The molecular weight excluding hydrogens is 295 g/mol. The molecule has 0 aliphatic rings. The van der Waals surface area contributed by atoms with Crippen LogP contribution in [0, 0.1) is 5.82 Å². The molecule has 2 nitrogen and oxygen atoms in total. The fourth-order valence-electron chi connectivity index (χ4n) is 1.79. The predicted octanol–water partition coefficient (Wildman–Crippen LogP) is 5.35. The van der Waals surface area contributed by atoms with E-state index in [1.165, 1.54) is 29.5 Å². The van der Waals surface area contributed by atoms with Gasteiger partial charge in [-0.25, -0.2) is 9.37 Å². The molecular formula is C15H10ClFN2S. The zero-order chi connectivity index (χ0) is 13.9. The maximum absolute atomic E-state index is 13.3. The number of benzene rings is 2. The molecule has 1 aromatic heterocycles. The van der Waals surface area contributed by atoms with Crippen LogP contribution in [0.4, 0.5) is 15.2 Å². The zero-order valence-corrected chi connectivity index (χ0v) is 11.9. The number of anilines is 2. The van der Waals surface area contributed by atoms with E-state index in [1.807, 2.05) is 35.7 Å². The van der Waals surface area contributed by atoms with Crippen molar-refractivity contribution in [3.8, 4) is 11.3 Å². The van der Waals surface area contributed by atoms with E-state index >= 15 is 0 Å². The highest BCUT2D eigenvalue weighted by Crippen LogP contribution is 2.32. The van der Waals surface area contributed by atoms with E-state index in [-0.39, 0.29) is 5.82 Å². The van der Waals surface area contributed by atoms with Crippen LogP contribution >= 0.6 is 22.9 Å². The lowest BCUT2D eigenvalue weighted by molar-refractivity contribution is 0.628. The number of thiazole rings is 1. The van der Waals surface area contributed by atoms with Crippen molar-refractivity contribution >= 4 is 33.8 Å². The Morgan fingerprint density at radius 1 is 1.10 bits per heavy atom. The SMILES string of the molecule is Fc1ccc(Cl)c(-c2csc(Nc3ccccc3)n2)c1. The minimum absolute atomic E-state index is 0.324. The second kappa shape index (κ2) is 5.61. The molecule has 3 aromatic rings. The van der Waals surface area contributed by atoms with Crippen LogP contribution in [0.2, 0.25) is 5.02 Å². The minimum atomic E-state index is -0.324. The third-order valence-electron chi connectivity index (χ3n) is 2.73. The summed E-state index contributed by atoms with van der Waals surface area (Å²) in [6.45, 7) is 0. The Labute approximate surface area is 124 Å². The third-order valence-corrected chi connectivity index (χ3v) is 3.82. The Bertz CT molecular complexity index is 728. The number of para-hydroxylation sites is 1. The summed E-state index contributed by atoms with van der Waals surface area (Å²) >= 11 is 7.53. The summed E-state index contributed by atoms with van der Waals surface area (Å²) in [6, 6.07) is 14.0. The molecule has 0 saturated heterocycles. The molecule has 0 spiro atoms. The Morgan fingerprint density at radius 2 is 1.90 bits per heavy atom. The van der Waals surface area contributed by atoms with E-state index in [0.717, 1.165) is 10.8 Å². The van der Waals surface area contributed by atoms with Gasteiger partial charge in [0.15, 0.2) is 5.13 Å². The Kier molecular flexibility index (Phi) is 3.67. The molecule has 5 heteroatoms. The first kappa shape index (κ1) is 13.1. The summed E-state index contributed by atoms with van der Waals surface area (Å²) in [5, 5.41) is 6.28. The van der Waals surface area contributed by atoms with Gasteiger partial charge in [0, 0.05) is 16.6 Å². The van der Waals surface area contributed by atoms with Crippen molar-refractivity contribution in [2.45, 2.75) is 0 Å². The lowest BCUT2D eigenvalue weighted by Gasteiger charge is -2.02. The number of aromatic nitrogens is 1. The van der Waals surface area contributed by atoms with Crippen LogP contribution in [0.15, 0.2) is 53.9 Å². The number of rotatable bonds is 3. The second-order valence-corrected chi connectivity index (χ2v) is 5.42. The topological polar surface area (TPSA) is 24.9 Å². The second-order valence-electron chi connectivity index (χ2n) is 4.15. The van der Waals surface area contributed by atoms with Gasteiger partial charge < -0.3 is 5.32 Å². The first-order chi connectivity index (χ1) is 9.72. The number of hydrogen-bond donors (Lipinski definition) is 1. The van der Waals surface area contributed by atoms with Crippen molar-refractivity contribution in [1.29, 1.82) is 0 Å². The maximum Gasteiger partial charge on any atom is 0.187 e. The zero-order valence-electron chi connectivity index (χ0n) is 10.3. The van der Waals surface area contributed by atoms with Gasteiger partial charge in [-0.3, -0.25) is 0 Å². The highest BCUT2D eigenvalue weighted by atomic mass is 35.5. The molecule has 0 radical (unpaired) electrons. The molecule has 1 N–H and O–H groups in total. The number of halogens is 2.